The van der Waals surface area contributed by atoms with Gasteiger partial charge in [-0.1, -0.05) is 43.3 Å². The number of aromatic nitrogens is 5. The van der Waals surface area contributed by atoms with E-state index in [4.69, 9.17) is 19.7 Å². The molecule has 20 nitrogen and oxygen atoms in total. The Labute approximate surface area is 482 Å². The number of nitrogens with zero attached hydrogens (tertiary/aromatic N) is 10. The highest BCUT2D eigenvalue weighted by Crippen LogP contribution is 2.42. The van der Waals surface area contributed by atoms with E-state index in [2.05, 4.69) is 62.4 Å². The summed E-state index contributed by atoms with van der Waals surface area (Å²) in [6, 6.07) is 19.7. The summed E-state index contributed by atoms with van der Waals surface area (Å²) >= 11 is 1.50. The zero-order chi connectivity index (χ0) is 56.8. The first kappa shape index (κ1) is 55.5. The highest BCUT2D eigenvalue weighted by Gasteiger charge is 2.45. The van der Waals surface area contributed by atoms with Crippen LogP contribution in [0.25, 0.3) is 21.7 Å². The second-order valence-electron chi connectivity index (χ2n) is 23.9. The Morgan fingerprint density at radius 2 is 1.60 bits per heavy atom. The summed E-state index contributed by atoms with van der Waals surface area (Å²) < 4.78 is 19.0. The van der Waals surface area contributed by atoms with Crippen molar-refractivity contribution in [3.05, 3.63) is 95.5 Å². The van der Waals surface area contributed by atoms with Crippen molar-refractivity contribution in [1.29, 1.82) is 0 Å². The second-order valence-corrected chi connectivity index (χ2v) is 24.8. The number of carbonyl (C=O) groups excluding carboxylic acids is 2. The van der Waals surface area contributed by atoms with Crippen molar-refractivity contribution in [2.75, 3.05) is 72.8 Å². The zero-order valence-corrected chi connectivity index (χ0v) is 48.0. The Bertz CT molecular complexity index is 3210. The molecular formula is C61H76N12O8S. The third-order valence-electron chi connectivity index (χ3n) is 18.0. The lowest BCUT2D eigenvalue weighted by atomic mass is 9.91. The van der Waals surface area contributed by atoms with E-state index in [-0.39, 0.29) is 54.6 Å². The van der Waals surface area contributed by atoms with Gasteiger partial charge in [-0.15, -0.1) is 21.5 Å². The molecule has 21 heteroatoms. The summed E-state index contributed by atoms with van der Waals surface area (Å²) in [6.07, 6.45) is 9.62. The number of benzene rings is 2. The maximum Gasteiger partial charge on any atom is 0.243 e. The first-order chi connectivity index (χ1) is 39.7. The number of pyridine rings is 1. The number of aryl methyl sites for hydroxylation is 1. The van der Waals surface area contributed by atoms with Gasteiger partial charge in [0, 0.05) is 119 Å². The normalized spacial score (nSPS) is 24.2. The standard InChI is InChI=1S/C61H76N12O8S/c1-35(2)57(61(78)72-33-43(74)25-51(72)60(77)65-36(3)47-12-9-39(23-53(47)76)58-37(4)64-34-82-58)54-29-55(68-81-54)70-21-14-38(15-22-70)30-69-19-16-44(17-20-69)79-45-26-46(27-45)80-56-24-40(13-18-63-56)73-41-10-11-42(73)32-71(31-41)50-28-49(66-67-59(50)62)48-7-5-6-8-52(48)75/h5-9,12-13,18,23-24,28-29,34-36,38,41-46,51,57,74-76H,10-11,14-17,19-22,25-27,30-33H2,1-4H3,(H2,62,67)(H,65,77)/t36-,41?,42?,43+,45-,46-,51-,57-/m0/s1. The number of para-hydroxylation sites is 1. The highest BCUT2D eigenvalue weighted by molar-refractivity contribution is 7.13. The molecule has 5 aliphatic heterocycles. The molecule has 5 saturated heterocycles. The van der Waals surface area contributed by atoms with Crippen molar-refractivity contribution >= 4 is 46.2 Å². The molecule has 4 aromatic heterocycles. The number of aliphatic hydroxyl groups excluding tert-OH is 1. The number of fused-ring (bicyclic) bond motifs is 2. The smallest absolute Gasteiger partial charge is 0.243 e. The highest BCUT2D eigenvalue weighted by atomic mass is 32.1. The van der Waals surface area contributed by atoms with Gasteiger partial charge in [0.25, 0.3) is 0 Å². The molecule has 6 atom stereocenters. The lowest BCUT2D eigenvalue weighted by Crippen LogP contribution is -2.54. The minimum atomic E-state index is -0.887. The molecule has 6 N–H and O–H groups in total. The molecule has 0 spiro atoms. The van der Waals surface area contributed by atoms with Gasteiger partial charge >= 0.3 is 0 Å². The van der Waals surface area contributed by atoms with Crippen LogP contribution in [0.1, 0.15) is 108 Å². The number of amides is 2. The van der Waals surface area contributed by atoms with Crippen molar-refractivity contribution in [1.82, 2.24) is 40.4 Å². The molecule has 6 aromatic rings. The van der Waals surface area contributed by atoms with Gasteiger partial charge in [-0.05, 0) is 100 Å². The van der Waals surface area contributed by atoms with E-state index >= 15 is 0 Å². The monoisotopic (exact) mass is 1140 g/mol. The molecule has 6 fully saturated rings. The Balaban J connectivity index is 0.567. The predicted octanol–water partition coefficient (Wildman–Crippen LogP) is 7.70. The minimum absolute atomic E-state index is 0.0341. The Hall–Kier alpha value is -7.07. The summed E-state index contributed by atoms with van der Waals surface area (Å²) in [5.41, 5.74) is 13.6. The van der Waals surface area contributed by atoms with Crippen LogP contribution in [0.2, 0.25) is 0 Å². The molecule has 2 amide bonds. The number of thiazole rings is 1. The van der Waals surface area contributed by atoms with Crippen molar-refractivity contribution in [3.8, 4) is 39.1 Å². The number of nitrogens with two attached hydrogens (primary N) is 1. The summed E-state index contributed by atoms with van der Waals surface area (Å²) in [5.74, 6) is 1.46. The number of carbonyl (C=O) groups is 2. The number of hydrogen-bond donors (Lipinski definition) is 5. The van der Waals surface area contributed by atoms with Crippen molar-refractivity contribution in [3.63, 3.8) is 0 Å². The summed E-state index contributed by atoms with van der Waals surface area (Å²) in [5, 5.41) is 48.3. The number of nitrogen functional groups attached to an aromatic ring is 1. The maximum atomic E-state index is 14.4. The average Bonchev–Trinajstić information content (AvgIpc) is 3.95. The first-order valence-corrected chi connectivity index (χ1v) is 30.3. The average molecular weight is 1140 g/mol. The molecule has 0 radical (unpaired) electrons. The molecule has 2 unspecified atom stereocenters. The molecule has 12 rings (SSSR count). The van der Waals surface area contributed by atoms with Crippen molar-refractivity contribution < 1.29 is 38.9 Å². The van der Waals surface area contributed by atoms with Crippen LogP contribution in [-0.2, 0) is 14.3 Å². The molecule has 9 heterocycles. The third-order valence-corrected chi connectivity index (χ3v) is 19.0. The van der Waals surface area contributed by atoms with E-state index in [1.54, 1.807) is 36.7 Å². The predicted molar refractivity (Wildman–Crippen MR) is 313 cm³/mol. The number of rotatable bonds is 17. The minimum Gasteiger partial charge on any atom is -0.508 e. The molecule has 82 heavy (non-hydrogen) atoms. The molecule has 2 bridgehead atoms. The van der Waals surface area contributed by atoms with Crippen LogP contribution < -0.4 is 30.5 Å². The molecular weight excluding hydrogens is 1060 g/mol. The topological polar surface area (TPSA) is 245 Å². The van der Waals surface area contributed by atoms with E-state index in [0.717, 1.165) is 125 Å². The number of ether oxygens (including phenoxy) is 2. The largest absolute Gasteiger partial charge is 0.508 e. The molecule has 2 aromatic carbocycles. The third kappa shape index (κ3) is 11.7. The Morgan fingerprint density at radius 1 is 0.829 bits per heavy atom. The van der Waals surface area contributed by atoms with Gasteiger partial charge in [-0.25, -0.2) is 9.97 Å². The number of phenolic OH excluding ortho intramolecular Hbond substituents is 2. The van der Waals surface area contributed by atoms with Gasteiger partial charge < -0.3 is 64.9 Å². The van der Waals surface area contributed by atoms with Gasteiger partial charge in [0.15, 0.2) is 17.4 Å². The molecule has 434 valence electrons. The van der Waals surface area contributed by atoms with E-state index in [9.17, 15) is 24.9 Å². The van der Waals surface area contributed by atoms with Crippen LogP contribution in [0.4, 0.5) is 23.0 Å². The molecule has 1 saturated carbocycles. The number of aliphatic hydroxyl groups is 1. The fourth-order valence-electron chi connectivity index (χ4n) is 13.5. The number of aromatic hydroxyl groups is 2. The van der Waals surface area contributed by atoms with Crippen LogP contribution in [0.3, 0.4) is 0 Å². The van der Waals surface area contributed by atoms with E-state index in [1.807, 2.05) is 57.3 Å². The summed E-state index contributed by atoms with van der Waals surface area (Å²) in [6.45, 7) is 14.0. The molecule has 1 aliphatic carbocycles. The zero-order valence-electron chi connectivity index (χ0n) is 47.2. The quantitative estimate of drug-likeness (QED) is 0.0587. The number of anilines is 4. The van der Waals surface area contributed by atoms with Crippen LogP contribution in [-0.4, -0.2) is 157 Å². The maximum absolute atomic E-state index is 14.4. The fourth-order valence-corrected chi connectivity index (χ4v) is 14.3. The fraction of sp³-hybridized carbons (Fsp3) is 0.525. The number of β-amino-alcohol motifs (C(OH)–C–C–N with tert-alkyl or cyclic N) is 1. The Kier molecular flexibility index (Phi) is 16.0. The lowest BCUT2D eigenvalue weighted by Gasteiger charge is -2.43. The SMILES string of the molecule is Cc1ncsc1-c1ccc([C@H](C)NC(=O)[C@@H]2C[C@@H](O)CN2C(=O)[C@H](c2cc(N3CCC(CN4CCC(O[C@H]5C[C@H](Oc6cc(N7C8CCC7CN(c7cc(-c9ccccc9O)nnc7N)C8)ccn6)C5)CC4)CC3)no2)C(C)C)c(O)c1. The van der Waals surface area contributed by atoms with E-state index in [0.29, 0.717) is 58.1 Å². The lowest BCUT2D eigenvalue weighted by molar-refractivity contribution is -0.141. The van der Waals surface area contributed by atoms with Gasteiger partial charge in [-0.2, -0.15) is 0 Å². The van der Waals surface area contributed by atoms with Gasteiger partial charge in [0.05, 0.1) is 51.8 Å². The Morgan fingerprint density at radius 3 is 2.32 bits per heavy atom. The summed E-state index contributed by atoms with van der Waals surface area (Å²) in [7, 11) is 0. The molecule has 6 aliphatic rings. The number of hydrogen-bond acceptors (Lipinski definition) is 19. The van der Waals surface area contributed by atoms with E-state index in [1.165, 1.54) is 16.2 Å². The number of phenols is 2. The van der Waals surface area contributed by atoms with Gasteiger partial charge in [0.1, 0.15) is 29.6 Å². The number of piperazine rings is 1. The van der Waals surface area contributed by atoms with E-state index < -0.39 is 30.0 Å². The number of likely N-dealkylation sites (tertiary alicyclic amines) is 2. The van der Waals surface area contributed by atoms with Gasteiger partial charge in [0.2, 0.25) is 17.7 Å². The number of nitrogens with one attached hydrogen (secondary N) is 1. The van der Waals surface area contributed by atoms with Crippen LogP contribution in [0.5, 0.6) is 17.4 Å². The van der Waals surface area contributed by atoms with Crippen LogP contribution in [0.15, 0.2) is 83.0 Å². The number of piperidine rings is 2. The summed E-state index contributed by atoms with van der Waals surface area (Å²) in [4.78, 5) is 49.4. The van der Waals surface area contributed by atoms with Crippen LogP contribution in [0, 0.1) is 18.8 Å². The van der Waals surface area contributed by atoms with Crippen LogP contribution >= 0.6 is 11.3 Å². The first-order valence-electron chi connectivity index (χ1n) is 29.4. The van der Waals surface area contributed by atoms with Gasteiger partial charge in [-0.3, -0.25) is 9.59 Å². The van der Waals surface area contributed by atoms with Crippen molar-refractivity contribution in [2.45, 2.75) is 140 Å². The van der Waals surface area contributed by atoms with Crippen molar-refractivity contribution in [2.24, 2.45) is 11.8 Å². The second kappa shape index (κ2) is 23.7.